The number of fused-ring (bicyclic) bond motifs is 1. The van der Waals surface area contributed by atoms with Gasteiger partial charge in [0, 0.05) is 33.6 Å². The third-order valence-corrected chi connectivity index (χ3v) is 3.63. The molecule has 0 bridgehead atoms. The highest BCUT2D eigenvalue weighted by Crippen LogP contribution is 2.24. The van der Waals surface area contributed by atoms with Gasteiger partial charge in [0.25, 0.3) is 0 Å². The highest BCUT2D eigenvalue weighted by molar-refractivity contribution is 7.08. The number of rotatable bonds is 2. The lowest BCUT2D eigenvalue weighted by molar-refractivity contribution is 0.104. The van der Waals surface area contributed by atoms with Crippen molar-refractivity contribution in [2.45, 2.75) is 6.92 Å². The van der Waals surface area contributed by atoms with Crippen LogP contribution >= 0.6 is 11.3 Å². The molecule has 0 atom stereocenters. The number of hydrogen-bond acceptors (Lipinski definition) is 2. The fraction of sp³-hybridized carbons (Fsp3) is 0.0714. The maximum Gasteiger partial charge on any atom is 0.196 e. The number of H-pyrrole nitrogens is 1. The van der Waals surface area contributed by atoms with Gasteiger partial charge in [-0.25, -0.2) is 0 Å². The van der Waals surface area contributed by atoms with Crippen LogP contribution in [0.3, 0.4) is 0 Å². The summed E-state index contributed by atoms with van der Waals surface area (Å²) in [6.07, 6.45) is 1.80. The van der Waals surface area contributed by atoms with Gasteiger partial charge in [0.2, 0.25) is 0 Å². The van der Waals surface area contributed by atoms with E-state index in [1.54, 1.807) is 17.5 Å². The Balaban J connectivity index is 2.22. The number of aryl methyl sites for hydroxylation is 1. The van der Waals surface area contributed by atoms with Gasteiger partial charge < -0.3 is 4.98 Å². The van der Waals surface area contributed by atoms with E-state index in [4.69, 9.17) is 0 Å². The maximum atomic E-state index is 12.3. The zero-order chi connectivity index (χ0) is 11.8. The van der Waals surface area contributed by atoms with E-state index in [1.165, 1.54) is 0 Å². The topological polar surface area (TPSA) is 32.9 Å². The van der Waals surface area contributed by atoms with Crippen LogP contribution in [0.5, 0.6) is 0 Å². The predicted molar refractivity (Wildman–Crippen MR) is 70.8 cm³/mol. The molecule has 0 spiro atoms. The van der Waals surface area contributed by atoms with E-state index in [9.17, 15) is 4.79 Å². The number of ketones is 1. The normalized spacial score (nSPS) is 10.9. The Morgan fingerprint density at radius 2 is 2.18 bits per heavy atom. The summed E-state index contributed by atoms with van der Waals surface area (Å²) in [5.74, 6) is 0.0896. The molecule has 0 unspecified atom stereocenters. The second kappa shape index (κ2) is 3.86. The number of aromatic amines is 1. The molecule has 0 saturated heterocycles. The van der Waals surface area contributed by atoms with Crippen LogP contribution in [0, 0.1) is 6.92 Å². The number of nitrogens with one attached hydrogen (secondary N) is 1. The summed E-state index contributed by atoms with van der Waals surface area (Å²) in [5, 5.41) is 4.85. The first kappa shape index (κ1) is 10.3. The summed E-state index contributed by atoms with van der Waals surface area (Å²) >= 11 is 1.54. The molecule has 2 nitrogen and oxygen atoms in total. The minimum absolute atomic E-state index is 0.0896. The molecule has 0 amide bonds. The lowest BCUT2D eigenvalue weighted by atomic mass is 10.0. The minimum atomic E-state index is 0.0896. The Morgan fingerprint density at radius 1 is 1.29 bits per heavy atom. The molecule has 3 rings (SSSR count). The number of carbonyl (C=O) groups excluding carboxylic acids is 1. The molecular formula is C14H11NOS. The molecule has 2 heterocycles. The molecule has 0 radical (unpaired) electrons. The van der Waals surface area contributed by atoms with Crippen LogP contribution in [0.4, 0.5) is 0 Å². The summed E-state index contributed by atoms with van der Waals surface area (Å²) in [4.78, 5) is 15.5. The van der Waals surface area contributed by atoms with E-state index in [0.29, 0.717) is 0 Å². The third-order valence-electron chi connectivity index (χ3n) is 2.94. The summed E-state index contributed by atoms with van der Waals surface area (Å²) in [6, 6.07) is 7.88. The number of aromatic nitrogens is 1. The largest absolute Gasteiger partial charge is 0.360 e. The average Bonchev–Trinajstić information content (AvgIpc) is 2.98. The van der Waals surface area contributed by atoms with Gasteiger partial charge in [-0.3, -0.25) is 4.79 Å². The summed E-state index contributed by atoms with van der Waals surface area (Å²) in [7, 11) is 0. The Hall–Kier alpha value is -1.87. The second-order valence-electron chi connectivity index (χ2n) is 4.04. The first-order chi connectivity index (χ1) is 8.27. The Morgan fingerprint density at radius 3 is 2.94 bits per heavy atom. The van der Waals surface area contributed by atoms with Crippen molar-refractivity contribution < 1.29 is 4.79 Å². The lowest BCUT2D eigenvalue weighted by Crippen LogP contribution is -1.98. The van der Waals surface area contributed by atoms with Crippen molar-refractivity contribution in [2.24, 2.45) is 0 Å². The lowest BCUT2D eigenvalue weighted by Gasteiger charge is -1.99. The quantitative estimate of drug-likeness (QED) is 0.681. The molecule has 17 heavy (non-hydrogen) atoms. The van der Waals surface area contributed by atoms with Gasteiger partial charge in [-0.15, -0.1) is 0 Å². The second-order valence-corrected chi connectivity index (χ2v) is 4.82. The van der Waals surface area contributed by atoms with Gasteiger partial charge in [-0.2, -0.15) is 11.3 Å². The Bertz CT molecular complexity index is 679. The molecule has 2 aromatic heterocycles. The zero-order valence-corrected chi connectivity index (χ0v) is 10.2. The van der Waals surface area contributed by atoms with Crippen molar-refractivity contribution in [3.63, 3.8) is 0 Å². The molecule has 1 N–H and O–H groups in total. The van der Waals surface area contributed by atoms with Crippen molar-refractivity contribution in [2.75, 3.05) is 0 Å². The Kier molecular flexibility index (Phi) is 2.34. The van der Waals surface area contributed by atoms with Gasteiger partial charge in [0.1, 0.15) is 0 Å². The fourth-order valence-corrected chi connectivity index (χ4v) is 2.73. The smallest absolute Gasteiger partial charge is 0.196 e. The molecular weight excluding hydrogens is 230 g/mol. The van der Waals surface area contributed by atoms with Crippen molar-refractivity contribution in [3.05, 3.63) is 57.9 Å². The van der Waals surface area contributed by atoms with Crippen LogP contribution in [0.25, 0.3) is 10.9 Å². The first-order valence-electron chi connectivity index (χ1n) is 5.41. The van der Waals surface area contributed by atoms with Crippen LogP contribution < -0.4 is 0 Å². The standard InChI is InChI=1S/C14H11NOS/c1-9-3-2-4-12-13(9)11(7-15-12)14(16)10-5-6-17-8-10/h2-8,15H,1H3. The number of benzene rings is 1. The minimum Gasteiger partial charge on any atom is -0.360 e. The zero-order valence-electron chi connectivity index (χ0n) is 9.36. The van der Waals surface area contributed by atoms with Crippen molar-refractivity contribution in [3.8, 4) is 0 Å². The molecule has 1 aromatic carbocycles. The van der Waals surface area contributed by atoms with Gasteiger partial charge in [0.15, 0.2) is 5.78 Å². The SMILES string of the molecule is Cc1cccc2[nH]cc(C(=O)c3ccsc3)c12. The first-order valence-corrected chi connectivity index (χ1v) is 6.35. The van der Waals surface area contributed by atoms with E-state index < -0.39 is 0 Å². The predicted octanol–water partition coefficient (Wildman–Crippen LogP) is 3.77. The van der Waals surface area contributed by atoms with Gasteiger partial charge in [-0.1, -0.05) is 12.1 Å². The van der Waals surface area contributed by atoms with Crippen LogP contribution in [0.2, 0.25) is 0 Å². The fourth-order valence-electron chi connectivity index (χ4n) is 2.10. The molecule has 0 aliphatic rings. The third kappa shape index (κ3) is 1.59. The highest BCUT2D eigenvalue weighted by atomic mass is 32.1. The van der Waals surface area contributed by atoms with Crippen LogP contribution in [-0.2, 0) is 0 Å². The Labute approximate surface area is 103 Å². The van der Waals surface area contributed by atoms with Crippen LogP contribution in [0.1, 0.15) is 21.5 Å². The van der Waals surface area contributed by atoms with E-state index in [-0.39, 0.29) is 5.78 Å². The van der Waals surface area contributed by atoms with E-state index in [1.807, 2.05) is 41.9 Å². The van der Waals surface area contributed by atoms with Gasteiger partial charge >= 0.3 is 0 Å². The van der Waals surface area contributed by atoms with Crippen molar-refractivity contribution >= 4 is 28.0 Å². The van der Waals surface area contributed by atoms with Crippen molar-refractivity contribution in [1.82, 2.24) is 4.98 Å². The highest BCUT2D eigenvalue weighted by Gasteiger charge is 2.15. The average molecular weight is 241 g/mol. The van der Waals surface area contributed by atoms with Gasteiger partial charge in [-0.05, 0) is 30.0 Å². The molecule has 0 aliphatic heterocycles. The summed E-state index contributed by atoms with van der Waals surface area (Å²) in [6.45, 7) is 2.03. The molecule has 3 aromatic rings. The number of hydrogen-bond donors (Lipinski definition) is 1. The monoisotopic (exact) mass is 241 g/mol. The van der Waals surface area contributed by atoms with E-state index >= 15 is 0 Å². The molecule has 84 valence electrons. The maximum absolute atomic E-state index is 12.3. The van der Waals surface area contributed by atoms with Crippen LogP contribution in [-0.4, -0.2) is 10.8 Å². The van der Waals surface area contributed by atoms with Gasteiger partial charge in [0.05, 0.1) is 0 Å². The van der Waals surface area contributed by atoms with E-state index in [2.05, 4.69) is 4.98 Å². The number of thiophene rings is 1. The van der Waals surface area contributed by atoms with Crippen molar-refractivity contribution in [1.29, 1.82) is 0 Å². The van der Waals surface area contributed by atoms with E-state index in [0.717, 1.165) is 27.6 Å². The molecule has 0 fully saturated rings. The molecule has 0 aliphatic carbocycles. The van der Waals surface area contributed by atoms with Crippen LogP contribution in [0.15, 0.2) is 41.2 Å². The number of carbonyl (C=O) groups is 1. The summed E-state index contributed by atoms with van der Waals surface area (Å²) < 4.78 is 0. The summed E-state index contributed by atoms with van der Waals surface area (Å²) in [5.41, 5.74) is 3.67. The molecule has 0 saturated carbocycles. The molecule has 3 heteroatoms.